The van der Waals surface area contributed by atoms with Crippen LogP contribution in [-0.2, 0) is 0 Å². The van der Waals surface area contributed by atoms with E-state index < -0.39 is 0 Å². The zero-order chi connectivity index (χ0) is 41.0. The molecule has 2 nitrogen and oxygen atoms in total. The molecule has 292 valence electrons. The highest BCUT2D eigenvalue weighted by atomic mass is 32.1. The third kappa shape index (κ3) is 6.23. The molecule has 12 aromatic rings. The number of fused-ring (bicyclic) bond motifs is 10. The molecule has 62 heavy (non-hydrogen) atoms. The molecule has 2 aromatic heterocycles. The smallest absolute Gasteiger partial charge is 0.0540 e. The van der Waals surface area contributed by atoms with Crippen LogP contribution in [0.25, 0.3) is 73.4 Å². The maximum Gasteiger partial charge on any atom is 0.0540 e. The predicted octanol–water partition coefficient (Wildman–Crippen LogP) is 17.8. The average molecular weight is 827 g/mol. The minimum atomic E-state index is 1.13. The molecule has 2 heterocycles. The maximum absolute atomic E-state index is 2.40. The van der Waals surface area contributed by atoms with E-state index in [1.165, 1.54) is 73.4 Å². The van der Waals surface area contributed by atoms with Gasteiger partial charge in [-0.05, 0) is 118 Å². The Balaban J connectivity index is 0.928. The van der Waals surface area contributed by atoms with Crippen molar-refractivity contribution in [3.63, 3.8) is 0 Å². The molecule has 0 amide bonds. The van der Waals surface area contributed by atoms with E-state index in [0.29, 0.717) is 0 Å². The molecule has 0 bridgehead atoms. The summed E-state index contributed by atoms with van der Waals surface area (Å²) in [6.45, 7) is 0. The summed E-state index contributed by atoms with van der Waals surface area (Å²) in [5.74, 6) is 0. The zero-order valence-electron chi connectivity index (χ0n) is 33.7. The number of hydrogen-bond donors (Lipinski definition) is 0. The topological polar surface area (TPSA) is 6.48 Å². The van der Waals surface area contributed by atoms with E-state index in [4.69, 9.17) is 0 Å². The van der Waals surface area contributed by atoms with Crippen LogP contribution in [0.2, 0.25) is 0 Å². The van der Waals surface area contributed by atoms with Gasteiger partial charge in [-0.1, -0.05) is 146 Å². The molecule has 0 unspecified atom stereocenters. The van der Waals surface area contributed by atoms with E-state index in [-0.39, 0.29) is 0 Å². The van der Waals surface area contributed by atoms with Crippen LogP contribution >= 0.6 is 22.7 Å². The van der Waals surface area contributed by atoms with Gasteiger partial charge in [-0.3, -0.25) is 0 Å². The van der Waals surface area contributed by atoms with Crippen LogP contribution in [0.5, 0.6) is 0 Å². The lowest BCUT2D eigenvalue weighted by Crippen LogP contribution is -2.09. The number of hydrogen-bond acceptors (Lipinski definition) is 4. The molecule has 0 aliphatic heterocycles. The third-order valence-electron chi connectivity index (χ3n) is 12.0. The number of thiophene rings is 2. The Kier molecular flexibility index (Phi) is 8.91. The van der Waals surface area contributed by atoms with E-state index in [0.717, 1.165) is 34.1 Å². The van der Waals surface area contributed by atoms with E-state index in [9.17, 15) is 0 Å². The lowest BCUT2D eigenvalue weighted by Gasteiger charge is -2.25. The minimum absolute atomic E-state index is 1.13. The van der Waals surface area contributed by atoms with Crippen molar-refractivity contribution in [2.24, 2.45) is 0 Å². The summed E-state index contributed by atoms with van der Waals surface area (Å²) in [6, 6.07) is 83.5. The van der Waals surface area contributed by atoms with Gasteiger partial charge in [-0.25, -0.2) is 0 Å². The van der Waals surface area contributed by atoms with E-state index in [1.54, 1.807) is 0 Å². The Morgan fingerprint density at radius 2 is 0.532 bits per heavy atom. The van der Waals surface area contributed by atoms with Crippen molar-refractivity contribution in [2.45, 2.75) is 0 Å². The van der Waals surface area contributed by atoms with Crippen molar-refractivity contribution in [1.29, 1.82) is 0 Å². The van der Waals surface area contributed by atoms with Gasteiger partial charge >= 0.3 is 0 Å². The van der Waals surface area contributed by atoms with Crippen LogP contribution < -0.4 is 9.80 Å². The SMILES string of the molecule is c1ccc(N(c2ccccc2)c2ccc(-c3ccc4c(c3)sc3c5sc6cc(-c7ccc(N(c8ccccc8)c8ccccc8)cc7)ccc6c5c5ccccc5c43)cc2)cc1. The highest BCUT2D eigenvalue weighted by Crippen LogP contribution is 2.50. The Morgan fingerprint density at radius 1 is 0.242 bits per heavy atom. The van der Waals surface area contributed by atoms with Gasteiger partial charge in [0, 0.05) is 65.1 Å². The molecule has 12 rings (SSSR count). The first-order chi connectivity index (χ1) is 30.7. The summed E-state index contributed by atoms with van der Waals surface area (Å²) in [5, 5.41) is 8.00. The van der Waals surface area contributed by atoms with Crippen molar-refractivity contribution in [3.05, 3.63) is 231 Å². The van der Waals surface area contributed by atoms with Gasteiger partial charge in [0.1, 0.15) is 0 Å². The molecule has 0 aliphatic carbocycles. The Morgan fingerprint density at radius 3 is 0.871 bits per heavy atom. The second kappa shape index (κ2) is 15.2. The van der Waals surface area contributed by atoms with Gasteiger partial charge in [0.15, 0.2) is 0 Å². The number of anilines is 6. The monoisotopic (exact) mass is 826 g/mol. The van der Waals surface area contributed by atoms with Gasteiger partial charge in [-0.15, -0.1) is 22.7 Å². The molecular weight excluding hydrogens is 789 g/mol. The van der Waals surface area contributed by atoms with Crippen molar-refractivity contribution < 1.29 is 0 Å². The van der Waals surface area contributed by atoms with Gasteiger partial charge in [-0.2, -0.15) is 0 Å². The lowest BCUT2D eigenvalue weighted by molar-refractivity contribution is 1.28. The highest BCUT2D eigenvalue weighted by molar-refractivity contribution is 7.33. The molecule has 0 fully saturated rings. The van der Waals surface area contributed by atoms with Crippen LogP contribution in [0.1, 0.15) is 0 Å². The first kappa shape index (κ1) is 36.4. The van der Waals surface area contributed by atoms with Crippen LogP contribution in [0.4, 0.5) is 34.1 Å². The lowest BCUT2D eigenvalue weighted by atomic mass is 9.97. The number of para-hydroxylation sites is 4. The number of nitrogens with zero attached hydrogens (tertiary/aromatic N) is 2. The summed E-state index contributed by atoms with van der Waals surface area (Å²) < 4.78 is 5.37. The van der Waals surface area contributed by atoms with E-state index >= 15 is 0 Å². The second-order valence-corrected chi connectivity index (χ2v) is 17.8. The molecule has 0 atom stereocenters. The van der Waals surface area contributed by atoms with Crippen LogP contribution in [0.15, 0.2) is 231 Å². The van der Waals surface area contributed by atoms with Crippen LogP contribution in [0, 0.1) is 0 Å². The van der Waals surface area contributed by atoms with Gasteiger partial charge < -0.3 is 9.80 Å². The van der Waals surface area contributed by atoms with Gasteiger partial charge in [0.05, 0.1) is 9.40 Å². The molecule has 0 radical (unpaired) electrons. The molecule has 10 aromatic carbocycles. The Labute approximate surface area is 368 Å². The number of rotatable bonds is 8. The van der Waals surface area contributed by atoms with E-state index in [1.807, 2.05) is 22.7 Å². The quantitative estimate of drug-likeness (QED) is 0.151. The van der Waals surface area contributed by atoms with Crippen molar-refractivity contribution >= 4 is 108 Å². The Hall–Kier alpha value is -7.50. The standard InChI is InChI=1S/C58H38N2S2/c1-5-15-43(16-6-1)59(44-17-7-2-8-18-44)47-31-25-39(26-32-47)41-29-35-51-53(37-41)61-57-55(51)49-23-13-14-24-50(49)56-52-36-30-42(38-54(52)62-58(56)57)40-27-33-48(34-28-40)60(45-19-9-3-10-20-45)46-21-11-4-12-22-46/h1-38H. The second-order valence-electron chi connectivity index (χ2n) is 15.7. The fourth-order valence-corrected chi connectivity index (χ4v) is 11.8. The van der Waals surface area contributed by atoms with E-state index in [2.05, 4.69) is 240 Å². The summed E-state index contributed by atoms with van der Waals surface area (Å²) >= 11 is 3.86. The fourth-order valence-electron chi connectivity index (χ4n) is 9.13. The summed E-state index contributed by atoms with van der Waals surface area (Å²) in [6.07, 6.45) is 0. The summed E-state index contributed by atoms with van der Waals surface area (Å²) in [5.41, 5.74) is 11.7. The Bertz CT molecular complexity index is 3220. The maximum atomic E-state index is 2.40. The van der Waals surface area contributed by atoms with Gasteiger partial charge in [0.25, 0.3) is 0 Å². The molecule has 4 heteroatoms. The first-order valence-corrected chi connectivity index (χ1v) is 22.6. The van der Waals surface area contributed by atoms with Crippen molar-refractivity contribution in [1.82, 2.24) is 0 Å². The molecule has 0 saturated heterocycles. The van der Waals surface area contributed by atoms with Crippen LogP contribution in [0.3, 0.4) is 0 Å². The third-order valence-corrected chi connectivity index (χ3v) is 14.5. The summed E-state index contributed by atoms with van der Waals surface area (Å²) in [7, 11) is 0. The molecular formula is C58H38N2S2. The predicted molar refractivity (Wildman–Crippen MR) is 270 cm³/mol. The minimum Gasteiger partial charge on any atom is -0.311 e. The summed E-state index contributed by atoms with van der Waals surface area (Å²) in [4.78, 5) is 4.62. The largest absolute Gasteiger partial charge is 0.311 e. The van der Waals surface area contributed by atoms with Crippen molar-refractivity contribution in [2.75, 3.05) is 9.80 Å². The average Bonchev–Trinajstić information content (AvgIpc) is 3.93. The zero-order valence-corrected chi connectivity index (χ0v) is 35.3. The normalized spacial score (nSPS) is 11.5. The fraction of sp³-hybridized carbons (Fsp3) is 0. The van der Waals surface area contributed by atoms with Gasteiger partial charge in [0.2, 0.25) is 0 Å². The van der Waals surface area contributed by atoms with Crippen LogP contribution in [-0.4, -0.2) is 0 Å². The molecule has 0 N–H and O–H groups in total. The highest BCUT2D eigenvalue weighted by Gasteiger charge is 2.20. The molecule has 0 spiro atoms. The first-order valence-electron chi connectivity index (χ1n) is 21.0. The number of benzene rings is 10. The molecule has 0 aliphatic rings. The molecule has 0 saturated carbocycles. The van der Waals surface area contributed by atoms with Crippen molar-refractivity contribution in [3.8, 4) is 22.3 Å².